The molecule has 1 aliphatic heterocycles. The van der Waals surface area contributed by atoms with Crippen LogP contribution in [0.3, 0.4) is 0 Å². The van der Waals surface area contributed by atoms with Crippen LogP contribution < -0.4 is 0 Å². The van der Waals surface area contributed by atoms with Crippen LogP contribution in [0.5, 0.6) is 0 Å². The van der Waals surface area contributed by atoms with Gasteiger partial charge < -0.3 is 9.80 Å². The van der Waals surface area contributed by atoms with Gasteiger partial charge in [0.2, 0.25) is 22.1 Å². The molecule has 5 heterocycles. The van der Waals surface area contributed by atoms with Crippen molar-refractivity contribution in [3.05, 3.63) is 105 Å². The topological polar surface area (TPSA) is 127 Å². The van der Waals surface area contributed by atoms with Crippen molar-refractivity contribution in [2.24, 2.45) is 0 Å². The van der Waals surface area contributed by atoms with Gasteiger partial charge in [0, 0.05) is 61.8 Å². The molecule has 0 aliphatic carbocycles. The number of benzene rings is 2. The molecule has 12 nitrogen and oxygen atoms in total. The average molecular weight is 749 g/mol. The Morgan fingerprint density at radius 1 is 0.566 bits per heavy atom. The number of nitrogens with zero attached hydrogens (tertiary/aromatic N) is 10. The fourth-order valence-corrected chi connectivity index (χ4v) is 8.13. The van der Waals surface area contributed by atoms with Crippen molar-refractivity contribution < 1.29 is 9.59 Å². The lowest BCUT2D eigenvalue weighted by atomic mass is 10.0. The van der Waals surface area contributed by atoms with E-state index in [4.69, 9.17) is 20.2 Å². The van der Waals surface area contributed by atoms with Gasteiger partial charge in [-0.1, -0.05) is 83.2 Å². The number of amides is 2. The zero-order chi connectivity index (χ0) is 37.2. The molecule has 0 radical (unpaired) electrons. The normalized spacial score (nSPS) is 13.6. The van der Waals surface area contributed by atoms with Gasteiger partial charge in [-0.05, 0) is 70.2 Å². The number of thioether (sulfide) groups is 2. The Morgan fingerprint density at radius 3 is 1.36 bits per heavy atom. The van der Waals surface area contributed by atoms with Crippen LogP contribution in [0, 0.1) is 41.5 Å². The molecule has 6 aromatic rings. The van der Waals surface area contributed by atoms with Crippen LogP contribution in [0.15, 0.2) is 58.8 Å². The van der Waals surface area contributed by atoms with Crippen molar-refractivity contribution in [1.29, 1.82) is 0 Å². The van der Waals surface area contributed by atoms with Crippen LogP contribution in [-0.4, -0.2) is 98.5 Å². The van der Waals surface area contributed by atoms with E-state index in [0.29, 0.717) is 54.5 Å². The fourth-order valence-electron chi connectivity index (χ4n) is 6.69. The molecule has 0 bridgehead atoms. The second-order valence-electron chi connectivity index (χ2n) is 13.8. The molecule has 0 saturated carbocycles. The summed E-state index contributed by atoms with van der Waals surface area (Å²) < 4.78 is 3.56. The average Bonchev–Trinajstić information content (AvgIpc) is 3.66. The summed E-state index contributed by atoms with van der Waals surface area (Å²) in [6.07, 6.45) is 2.24. The van der Waals surface area contributed by atoms with Crippen LogP contribution in [0.2, 0.25) is 0 Å². The second-order valence-corrected chi connectivity index (χ2v) is 15.6. The summed E-state index contributed by atoms with van der Waals surface area (Å²) in [7, 11) is 0. The molecule has 4 aromatic heterocycles. The number of fused-ring (bicyclic) bond motifs is 2. The van der Waals surface area contributed by atoms with Gasteiger partial charge >= 0.3 is 0 Å². The zero-order valence-electron chi connectivity index (χ0n) is 31.1. The number of carbonyl (C=O) groups excluding carboxylic acids is 2. The minimum absolute atomic E-state index is 0.00672. The summed E-state index contributed by atoms with van der Waals surface area (Å²) >= 11 is 2.64. The molecule has 7 rings (SSSR count). The lowest BCUT2D eigenvalue weighted by molar-refractivity contribution is -0.130. The van der Waals surface area contributed by atoms with Crippen molar-refractivity contribution >= 4 is 46.9 Å². The van der Waals surface area contributed by atoms with Gasteiger partial charge in [0.25, 0.3) is 11.6 Å². The molecule has 1 aliphatic rings. The van der Waals surface area contributed by atoms with Gasteiger partial charge in [-0.2, -0.15) is 9.97 Å². The molecule has 1 saturated heterocycles. The number of carbonyl (C=O) groups is 2. The van der Waals surface area contributed by atoms with Gasteiger partial charge in [0.15, 0.2) is 0 Å². The van der Waals surface area contributed by atoms with Crippen molar-refractivity contribution in [3.8, 4) is 0 Å². The van der Waals surface area contributed by atoms with Gasteiger partial charge in [0.1, 0.15) is 0 Å². The Bertz CT molecular complexity index is 2140. The number of hydrogen-bond donors (Lipinski definition) is 0. The standard InChI is InChI=1S/C39H44N10O2S2/c1-24-8-12-30(13-9-24)20-32-26(3)40-36-42-38(44-48(36)28(32)5)52-22-34(50)46-16-7-17-47(19-18-46)35(51)23-53-39-43-37-41-27(4)33(29(6)49(37)45-39)21-31-14-10-25(2)11-15-31/h8-15H,7,16-23H2,1-6H3. The minimum atomic E-state index is 0.00672. The summed E-state index contributed by atoms with van der Waals surface area (Å²) in [4.78, 5) is 49.0. The maximum Gasteiger partial charge on any atom is 0.253 e. The van der Waals surface area contributed by atoms with E-state index < -0.39 is 0 Å². The summed E-state index contributed by atoms with van der Waals surface area (Å²) in [6.45, 7) is 14.4. The van der Waals surface area contributed by atoms with Crippen molar-refractivity contribution in [2.75, 3.05) is 37.7 Å². The minimum Gasteiger partial charge on any atom is -0.340 e. The Kier molecular flexibility index (Phi) is 10.8. The Morgan fingerprint density at radius 2 is 0.962 bits per heavy atom. The molecular weight excluding hydrogens is 705 g/mol. The molecule has 53 heavy (non-hydrogen) atoms. The maximum absolute atomic E-state index is 13.3. The highest BCUT2D eigenvalue weighted by atomic mass is 32.2. The van der Waals surface area contributed by atoms with Crippen molar-refractivity contribution in [2.45, 2.75) is 71.1 Å². The van der Waals surface area contributed by atoms with Crippen LogP contribution >= 0.6 is 23.5 Å². The number of aryl methyl sites for hydroxylation is 6. The van der Waals surface area contributed by atoms with Crippen LogP contribution in [0.1, 0.15) is 62.6 Å². The summed E-state index contributed by atoms with van der Waals surface area (Å²) in [5.74, 6) is 1.52. The van der Waals surface area contributed by atoms with E-state index in [0.717, 1.165) is 46.7 Å². The monoisotopic (exact) mass is 748 g/mol. The summed E-state index contributed by atoms with van der Waals surface area (Å²) in [5.41, 5.74) is 11.0. The van der Waals surface area contributed by atoms with Gasteiger partial charge in [-0.3, -0.25) is 9.59 Å². The van der Waals surface area contributed by atoms with E-state index in [1.165, 1.54) is 45.8 Å². The molecule has 2 aromatic carbocycles. The van der Waals surface area contributed by atoms with E-state index in [1.807, 2.05) is 37.5 Å². The first-order chi connectivity index (χ1) is 25.5. The van der Waals surface area contributed by atoms with Crippen LogP contribution in [0.25, 0.3) is 11.6 Å². The number of aromatic nitrogens is 8. The van der Waals surface area contributed by atoms with Gasteiger partial charge in [0.05, 0.1) is 11.5 Å². The molecule has 14 heteroatoms. The third-order valence-corrected chi connectivity index (χ3v) is 11.6. The smallest absolute Gasteiger partial charge is 0.253 e. The molecule has 1 fully saturated rings. The molecule has 274 valence electrons. The van der Waals surface area contributed by atoms with Crippen molar-refractivity contribution in [3.63, 3.8) is 0 Å². The summed E-state index contributed by atoms with van der Waals surface area (Å²) in [6, 6.07) is 17.1. The Labute approximate surface area is 317 Å². The number of rotatable bonds is 10. The van der Waals surface area contributed by atoms with Gasteiger partial charge in [-0.15, -0.1) is 10.2 Å². The SMILES string of the molecule is Cc1ccc(Cc2c(C)nc3nc(SCC(=O)N4CCCN(C(=O)CSc5nc6nc(C)c(Cc7ccc(C)cc7)c(C)n6n5)CC4)nn3c2C)cc1. The zero-order valence-corrected chi connectivity index (χ0v) is 32.7. The third kappa shape index (κ3) is 8.23. The molecule has 0 atom stereocenters. The molecule has 0 spiro atoms. The highest BCUT2D eigenvalue weighted by Crippen LogP contribution is 2.23. The molecule has 0 N–H and O–H groups in total. The maximum atomic E-state index is 13.3. The Hall–Kier alpha value is -4.82. The molecule has 0 unspecified atom stereocenters. The fraction of sp³-hybridized carbons (Fsp3) is 0.385. The molecule has 2 amide bonds. The van der Waals surface area contributed by atoms with E-state index >= 15 is 0 Å². The quantitative estimate of drug-likeness (QED) is 0.165. The second kappa shape index (κ2) is 15.7. The van der Waals surface area contributed by atoms with E-state index in [1.54, 1.807) is 9.03 Å². The lowest BCUT2D eigenvalue weighted by Crippen LogP contribution is -2.38. The van der Waals surface area contributed by atoms with Crippen molar-refractivity contribution in [1.82, 2.24) is 49.0 Å². The Balaban J connectivity index is 0.919. The summed E-state index contributed by atoms with van der Waals surface area (Å²) in [5, 5.41) is 10.4. The first kappa shape index (κ1) is 36.5. The first-order valence-corrected chi connectivity index (χ1v) is 19.9. The largest absolute Gasteiger partial charge is 0.340 e. The van der Waals surface area contributed by atoms with E-state index in [2.05, 4.69) is 72.3 Å². The van der Waals surface area contributed by atoms with Gasteiger partial charge in [-0.25, -0.2) is 19.0 Å². The highest BCUT2D eigenvalue weighted by molar-refractivity contribution is 8.00. The first-order valence-electron chi connectivity index (χ1n) is 17.9. The third-order valence-electron chi connectivity index (χ3n) is 9.91. The van der Waals surface area contributed by atoms with E-state index in [9.17, 15) is 9.59 Å². The predicted molar refractivity (Wildman–Crippen MR) is 208 cm³/mol. The lowest BCUT2D eigenvalue weighted by Gasteiger charge is -2.21. The molecular formula is C39H44N10O2S2. The number of hydrogen-bond acceptors (Lipinski definition) is 10. The van der Waals surface area contributed by atoms with Crippen LogP contribution in [0.4, 0.5) is 0 Å². The van der Waals surface area contributed by atoms with E-state index in [-0.39, 0.29) is 23.3 Å². The van der Waals surface area contributed by atoms with Crippen LogP contribution in [-0.2, 0) is 22.4 Å². The highest BCUT2D eigenvalue weighted by Gasteiger charge is 2.24. The predicted octanol–water partition coefficient (Wildman–Crippen LogP) is 5.54.